The quantitative estimate of drug-likeness (QED) is 0.442. The van der Waals surface area contributed by atoms with Gasteiger partial charge in [0, 0.05) is 12.0 Å². The fourth-order valence-electron chi connectivity index (χ4n) is 1.15. The van der Waals surface area contributed by atoms with Crippen molar-refractivity contribution in [3.63, 3.8) is 0 Å². The van der Waals surface area contributed by atoms with Gasteiger partial charge in [0.25, 0.3) is 0 Å². The molecule has 122 valence electrons. The number of rotatable bonds is 4. The summed E-state index contributed by atoms with van der Waals surface area (Å²) in [4.78, 5) is 58.3. The summed E-state index contributed by atoms with van der Waals surface area (Å²) in [5.41, 5.74) is -2.02. The van der Waals surface area contributed by atoms with E-state index in [2.05, 4.69) is 21.5 Å². The van der Waals surface area contributed by atoms with Crippen LogP contribution in [-0.4, -0.2) is 42.5 Å². The van der Waals surface area contributed by atoms with Crippen LogP contribution in [0.15, 0.2) is 39.2 Å². The van der Waals surface area contributed by atoms with Crippen LogP contribution < -0.4 is 17.1 Å². The van der Waals surface area contributed by atoms with E-state index < -0.39 is 17.1 Å². The Kier molecular flexibility index (Phi) is 6.78. The Morgan fingerprint density at radius 3 is 2.00 bits per heavy atom. The Hall–Kier alpha value is -3.37. The minimum absolute atomic E-state index is 0.260. The molecule has 2 aromatic heterocycles. The van der Waals surface area contributed by atoms with Crippen molar-refractivity contribution in [2.45, 2.75) is 13.3 Å². The van der Waals surface area contributed by atoms with Gasteiger partial charge in [-0.3, -0.25) is 15.0 Å². The third kappa shape index (κ3) is 7.27. The first-order valence-electron chi connectivity index (χ1n) is 6.25. The van der Waals surface area contributed by atoms with E-state index in [1.165, 1.54) is 12.7 Å². The molecule has 0 spiro atoms. The average molecular weight is 322 g/mol. The Balaban J connectivity index is 0.000000253. The number of carbonyl (C=O) groups is 1. The van der Waals surface area contributed by atoms with Crippen LogP contribution in [0.25, 0.3) is 0 Å². The molecule has 0 amide bonds. The van der Waals surface area contributed by atoms with E-state index in [-0.39, 0.29) is 12.6 Å². The number of hydrogen-bond acceptors (Lipinski definition) is 8. The molecule has 0 aromatic carbocycles. The summed E-state index contributed by atoms with van der Waals surface area (Å²) in [6.07, 6.45) is 3.30. The van der Waals surface area contributed by atoms with Crippen LogP contribution in [-0.2, 0) is 16.0 Å². The molecule has 2 aromatic rings. The van der Waals surface area contributed by atoms with Gasteiger partial charge in [0.2, 0.25) is 0 Å². The van der Waals surface area contributed by atoms with Gasteiger partial charge in [0.1, 0.15) is 18.5 Å². The topological polar surface area (TPSA) is 164 Å². The second-order valence-electron chi connectivity index (χ2n) is 4.08. The van der Waals surface area contributed by atoms with Crippen LogP contribution in [0.2, 0.25) is 0 Å². The molecule has 0 aliphatic heterocycles. The molecule has 2 heterocycles. The zero-order valence-corrected chi connectivity index (χ0v) is 12.2. The highest BCUT2D eigenvalue weighted by Crippen LogP contribution is 1.94. The van der Waals surface area contributed by atoms with E-state index in [4.69, 9.17) is 4.74 Å². The van der Waals surface area contributed by atoms with Crippen molar-refractivity contribution in [2.24, 2.45) is 0 Å². The van der Waals surface area contributed by atoms with Gasteiger partial charge in [-0.05, 0) is 6.92 Å². The number of hydrogen-bond donors (Lipinski definition) is 3. The lowest BCUT2D eigenvalue weighted by Gasteiger charge is -2.02. The van der Waals surface area contributed by atoms with Gasteiger partial charge in [-0.25, -0.2) is 34.1 Å². The summed E-state index contributed by atoms with van der Waals surface area (Å²) in [5.74, 6) is 0.216. The molecule has 3 N–H and O–H groups in total. The number of ether oxygens (including phenoxy) is 1. The van der Waals surface area contributed by atoms with Gasteiger partial charge < -0.3 is 4.74 Å². The molecular formula is C12H14N6O5. The fourth-order valence-corrected chi connectivity index (χ4v) is 1.15. The number of nitrogens with zero attached hydrogens (tertiary/aromatic N) is 3. The Morgan fingerprint density at radius 1 is 1.09 bits per heavy atom. The molecule has 0 aliphatic carbocycles. The highest BCUT2D eigenvalue weighted by Gasteiger charge is 2.03. The lowest BCUT2D eigenvalue weighted by atomic mass is 10.3. The van der Waals surface area contributed by atoms with Crippen molar-refractivity contribution < 1.29 is 9.53 Å². The minimum Gasteiger partial charge on any atom is -0.462 e. The SMILES string of the molecule is C=C(C)C(=O)OCCc1ncncn1.O=c1[nH]c(=O)[nH]c(=O)[nH]1. The van der Waals surface area contributed by atoms with E-state index in [9.17, 15) is 19.2 Å². The second-order valence-corrected chi connectivity index (χ2v) is 4.08. The maximum absolute atomic E-state index is 11.0. The van der Waals surface area contributed by atoms with Crippen molar-refractivity contribution in [1.82, 2.24) is 29.9 Å². The number of aromatic amines is 3. The van der Waals surface area contributed by atoms with Crippen molar-refractivity contribution in [3.05, 3.63) is 62.1 Å². The first kappa shape index (κ1) is 17.7. The zero-order valence-electron chi connectivity index (χ0n) is 12.2. The Morgan fingerprint density at radius 2 is 1.57 bits per heavy atom. The molecule has 11 heteroatoms. The molecule has 23 heavy (non-hydrogen) atoms. The van der Waals surface area contributed by atoms with Gasteiger partial charge in [0.05, 0.1) is 6.61 Å². The van der Waals surface area contributed by atoms with Crippen LogP contribution in [0.1, 0.15) is 12.7 Å². The first-order chi connectivity index (χ1) is 10.9. The third-order valence-corrected chi connectivity index (χ3v) is 2.14. The van der Waals surface area contributed by atoms with Gasteiger partial charge in [-0.15, -0.1) is 0 Å². The zero-order chi connectivity index (χ0) is 17.2. The molecule has 0 aliphatic rings. The van der Waals surface area contributed by atoms with E-state index in [1.54, 1.807) is 21.9 Å². The summed E-state index contributed by atoms with van der Waals surface area (Å²) >= 11 is 0. The summed E-state index contributed by atoms with van der Waals surface area (Å²) < 4.78 is 4.87. The number of nitrogens with one attached hydrogen (secondary N) is 3. The van der Waals surface area contributed by atoms with Crippen molar-refractivity contribution in [3.8, 4) is 0 Å². The molecule has 0 fully saturated rings. The van der Waals surface area contributed by atoms with Crippen molar-refractivity contribution in [2.75, 3.05) is 6.61 Å². The van der Waals surface area contributed by atoms with Gasteiger partial charge in [-0.1, -0.05) is 6.58 Å². The number of aromatic nitrogens is 6. The smallest absolute Gasteiger partial charge is 0.333 e. The lowest BCUT2D eigenvalue weighted by molar-refractivity contribution is -0.138. The minimum atomic E-state index is -0.802. The highest BCUT2D eigenvalue weighted by atomic mass is 16.5. The van der Waals surface area contributed by atoms with Gasteiger partial charge in [0.15, 0.2) is 0 Å². The summed E-state index contributed by atoms with van der Waals surface area (Å²) in [5, 5.41) is 0. The van der Waals surface area contributed by atoms with Crippen LogP contribution in [0, 0.1) is 0 Å². The predicted molar refractivity (Wildman–Crippen MR) is 77.6 cm³/mol. The Bertz CT molecular complexity index is 743. The standard InChI is InChI=1S/C9H11N3O2.C3H3N3O3/c1-7(2)9(13)14-4-3-8-11-5-10-6-12-8;7-1-4-2(8)6-3(9)5-1/h5-6H,1,3-4H2,2H3;(H3,4,5,6,7,8,9). The molecular weight excluding hydrogens is 308 g/mol. The molecule has 0 saturated heterocycles. The lowest BCUT2D eigenvalue weighted by Crippen LogP contribution is -2.34. The molecule has 0 unspecified atom stereocenters. The molecule has 2 rings (SSSR count). The van der Waals surface area contributed by atoms with E-state index in [1.807, 2.05) is 0 Å². The largest absolute Gasteiger partial charge is 0.462 e. The van der Waals surface area contributed by atoms with Crippen LogP contribution in [0.5, 0.6) is 0 Å². The fraction of sp³-hybridized carbons (Fsp3) is 0.250. The number of esters is 1. The summed E-state index contributed by atoms with van der Waals surface area (Å²) in [6, 6.07) is 0. The molecule has 11 nitrogen and oxygen atoms in total. The van der Waals surface area contributed by atoms with E-state index in [0.29, 0.717) is 17.8 Å². The van der Waals surface area contributed by atoms with E-state index in [0.717, 1.165) is 0 Å². The van der Waals surface area contributed by atoms with Crippen LogP contribution in [0.3, 0.4) is 0 Å². The number of carbonyl (C=O) groups excluding carboxylic acids is 1. The second kappa shape index (κ2) is 8.81. The average Bonchev–Trinajstić information content (AvgIpc) is 2.47. The summed E-state index contributed by atoms with van der Waals surface area (Å²) in [7, 11) is 0. The molecule has 0 radical (unpaired) electrons. The first-order valence-corrected chi connectivity index (χ1v) is 6.25. The third-order valence-electron chi connectivity index (χ3n) is 2.14. The maximum Gasteiger partial charge on any atom is 0.333 e. The predicted octanol–water partition coefficient (Wildman–Crippen LogP) is -1.72. The number of H-pyrrole nitrogens is 3. The van der Waals surface area contributed by atoms with Crippen molar-refractivity contribution >= 4 is 5.97 Å². The Labute approximate surface area is 128 Å². The highest BCUT2D eigenvalue weighted by molar-refractivity contribution is 5.86. The normalized spacial score (nSPS) is 9.43. The van der Waals surface area contributed by atoms with E-state index >= 15 is 0 Å². The van der Waals surface area contributed by atoms with Gasteiger partial charge >= 0.3 is 23.0 Å². The monoisotopic (exact) mass is 322 g/mol. The van der Waals surface area contributed by atoms with Crippen LogP contribution >= 0.6 is 0 Å². The molecule has 0 saturated carbocycles. The molecule has 0 bridgehead atoms. The molecule has 0 atom stereocenters. The summed E-state index contributed by atoms with van der Waals surface area (Å²) in [6.45, 7) is 5.33. The van der Waals surface area contributed by atoms with Gasteiger partial charge in [-0.2, -0.15) is 0 Å². The maximum atomic E-state index is 11.0. The van der Waals surface area contributed by atoms with Crippen LogP contribution in [0.4, 0.5) is 0 Å². The van der Waals surface area contributed by atoms with Crippen molar-refractivity contribution in [1.29, 1.82) is 0 Å².